The van der Waals surface area contributed by atoms with E-state index in [1.807, 2.05) is 29.2 Å². The van der Waals surface area contributed by atoms with E-state index < -0.39 is 0 Å². The Bertz CT molecular complexity index is 2690. The van der Waals surface area contributed by atoms with Gasteiger partial charge >= 0.3 is 0 Å². The average Bonchev–Trinajstić information content (AvgIpc) is 3.77. The number of rotatable bonds is 5. The van der Waals surface area contributed by atoms with Gasteiger partial charge in [0.05, 0.1) is 0 Å². The second-order valence-corrected chi connectivity index (χ2v) is 15.4. The van der Waals surface area contributed by atoms with Gasteiger partial charge in [-0.25, -0.2) is 15.0 Å². The Morgan fingerprint density at radius 1 is 0.510 bits per heavy atom. The number of aromatic nitrogens is 3. The second-order valence-electron chi connectivity index (χ2n) is 13.2. The van der Waals surface area contributed by atoms with Crippen LogP contribution in [0.3, 0.4) is 0 Å². The lowest BCUT2D eigenvalue weighted by Crippen LogP contribution is -2.12. The van der Waals surface area contributed by atoms with Crippen molar-refractivity contribution in [1.82, 2.24) is 15.0 Å². The monoisotopic (exact) mass is 689 g/mol. The first-order chi connectivity index (χ1) is 25.2. The number of thiophene rings is 1. The molecule has 3 nitrogen and oxygen atoms in total. The van der Waals surface area contributed by atoms with Crippen molar-refractivity contribution in [3.8, 4) is 45.0 Å². The Labute approximate surface area is 305 Å². The standard InChI is InChI=1S/C46H31N3S2/c1-28-19-25-37(43-42(28)36-16-8-10-18-40(36)51-43)46-48-44(47-45(49-46)35-15-6-5-13-33(35)30-11-3-2-4-12-30)31-22-20-29(21-23-31)32-24-26-41-38(27-32)34-14-7-9-17-39(34)50-41/h2-28,42H,1H3. The molecule has 6 aromatic carbocycles. The Hall–Kier alpha value is -5.62. The minimum atomic E-state index is 0.295. The summed E-state index contributed by atoms with van der Waals surface area (Å²) >= 11 is 3.71. The highest BCUT2D eigenvalue weighted by molar-refractivity contribution is 8.03. The number of benzene rings is 6. The zero-order valence-corrected chi connectivity index (χ0v) is 29.5. The van der Waals surface area contributed by atoms with Gasteiger partial charge in [0, 0.05) is 52.6 Å². The summed E-state index contributed by atoms with van der Waals surface area (Å²) in [7, 11) is 0. The van der Waals surface area contributed by atoms with Gasteiger partial charge in [-0.3, -0.25) is 0 Å². The van der Waals surface area contributed by atoms with Crippen molar-refractivity contribution in [2.45, 2.75) is 17.7 Å². The van der Waals surface area contributed by atoms with E-state index in [9.17, 15) is 0 Å². The van der Waals surface area contributed by atoms with Crippen LogP contribution in [0.25, 0.3) is 70.8 Å². The van der Waals surface area contributed by atoms with E-state index in [0.717, 1.165) is 33.4 Å². The second kappa shape index (κ2) is 12.3. The quantitative estimate of drug-likeness (QED) is 0.180. The number of nitrogens with zero attached hydrogens (tertiary/aromatic N) is 3. The zero-order valence-electron chi connectivity index (χ0n) is 27.8. The van der Waals surface area contributed by atoms with Crippen molar-refractivity contribution in [3.63, 3.8) is 0 Å². The lowest BCUT2D eigenvalue weighted by atomic mass is 9.82. The highest BCUT2D eigenvalue weighted by Gasteiger charge is 2.36. The molecule has 0 fully saturated rings. The first kappa shape index (κ1) is 30.2. The van der Waals surface area contributed by atoms with E-state index in [1.54, 1.807) is 0 Å². The van der Waals surface area contributed by atoms with Gasteiger partial charge in [0.25, 0.3) is 0 Å². The van der Waals surface area contributed by atoms with Crippen molar-refractivity contribution in [2.75, 3.05) is 0 Å². The van der Waals surface area contributed by atoms with Gasteiger partial charge < -0.3 is 0 Å². The number of thioether (sulfide) groups is 1. The van der Waals surface area contributed by atoms with Crippen LogP contribution in [0, 0.1) is 5.92 Å². The molecule has 0 bridgehead atoms. The highest BCUT2D eigenvalue weighted by Crippen LogP contribution is 2.56. The number of fused-ring (bicyclic) bond motifs is 6. The molecule has 2 aliphatic rings. The topological polar surface area (TPSA) is 38.7 Å². The van der Waals surface area contributed by atoms with Crippen LogP contribution in [-0.2, 0) is 0 Å². The van der Waals surface area contributed by atoms with Crippen molar-refractivity contribution in [1.29, 1.82) is 0 Å². The third-order valence-electron chi connectivity index (χ3n) is 10.1. The summed E-state index contributed by atoms with van der Waals surface area (Å²) in [5, 5.41) is 2.61. The molecular formula is C46H31N3S2. The fourth-order valence-corrected chi connectivity index (χ4v) is 10.1. The SMILES string of the molecule is CC1C=CC(c2nc(-c3ccc(-c4ccc5sc6ccccc6c5c4)cc3)nc(-c3ccccc3-c3ccccc3)n2)=C2Sc3ccccc3C21. The van der Waals surface area contributed by atoms with Crippen LogP contribution in [0.4, 0.5) is 0 Å². The molecule has 0 amide bonds. The van der Waals surface area contributed by atoms with Crippen LogP contribution in [0.5, 0.6) is 0 Å². The van der Waals surface area contributed by atoms with Gasteiger partial charge in [-0.15, -0.1) is 11.3 Å². The van der Waals surface area contributed by atoms with Gasteiger partial charge in [-0.2, -0.15) is 0 Å². The van der Waals surface area contributed by atoms with Crippen LogP contribution in [-0.4, -0.2) is 15.0 Å². The van der Waals surface area contributed by atoms with Crippen LogP contribution < -0.4 is 0 Å². The van der Waals surface area contributed by atoms with Gasteiger partial charge in [0.15, 0.2) is 17.5 Å². The zero-order chi connectivity index (χ0) is 33.9. The first-order valence-corrected chi connectivity index (χ1v) is 18.9. The van der Waals surface area contributed by atoms with Crippen molar-refractivity contribution in [3.05, 3.63) is 174 Å². The minimum absolute atomic E-state index is 0.295. The summed E-state index contributed by atoms with van der Waals surface area (Å²) < 4.78 is 2.63. The molecule has 51 heavy (non-hydrogen) atoms. The fraction of sp³-hybridized carbons (Fsp3) is 0.0652. The molecule has 0 spiro atoms. The molecule has 0 N–H and O–H groups in total. The molecule has 8 aromatic rings. The molecule has 2 atom stereocenters. The van der Waals surface area contributed by atoms with Crippen LogP contribution in [0.15, 0.2) is 168 Å². The number of hydrogen-bond acceptors (Lipinski definition) is 5. The summed E-state index contributed by atoms with van der Waals surface area (Å²) in [6.45, 7) is 2.31. The molecular weight excluding hydrogens is 659 g/mol. The van der Waals surface area contributed by atoms with Gasteiger partial charge in [0.1, 0.15) is 0 Å². The lowest BCUT2D eigenvalue weighted by Gasteiger charge is -2.24. The largest absolute Gasteiger partial charge is 0.208 e. The summed E-state index contributed by atoms with van der Waals surface area (Å²) in [4.78, 5) is 18.3. The first-order valence-electron chi connectivity index (χ1n) is 17.3. The third kappa shape index (κ3) is 5.24. The Morgan fingerprint density at radius 2 is 1.18 bits per heavy atom. The highest BCUT2D eigenvalue weighted by atomic mass is 32.2. The Morgan fingerprint density at radius 3 is 2.06 bits per heavy atom. The van der Waals surface area contributed by atoms with Crippen LogP contribution in [0.1, 0.15) is 24.2 Å². The van der Waals surface area contributed by atoms with E-state index in [-0.39, 0.29) is 0 Å². The molecule has 0 radical (unpaired) electrons. The van der Waals surface area contributed by atoms with E-state index >= 15 is 0 Å². The van der Waals surface area contributed by atoms with Crippen LogP contribution >= 0.6 is 23.1 Å². The van der Waals surface area contributed by atoms with E-state index in [1.165, 1.54) is 41.1 Å². The van der Waals surface area contributed by atoms with Crippen molar-refractivity contribution >= 4 is 48.8 Å². The Kier molecular flexibility index (Phi) is 7.29. The van der Waals surface area contributed by atoms with Crippen molar-refractivity contribution < 1.29 is 0 Å². The molecule has 0 saturated carbocycles. The molecule has 1 aliphatic heterocycles. The maximum atomic E-state index is 5.26. The molecule has 3 heterocycles. The molecule has 5 heteroatoms. The minimum Gasteiger partial charge on any atom is -0.208 e. The maximum absolute atomic E-state index is 5.26. The van der Waals surface area contributed by atoms with Gasteiger partial charge in [-0.1, -0.05) is 152 Å². The Balaban J connectivity index is 1.11. The fourth-order valence-electron chi connectivity index (χ4n) is 7.53. The predicted molar refractivity (Wildman–Crippen MR) is 215 cm³/mol. The molecule has 0 saturated heterocycles. The molecule has 2 unspecified atom stereocenters. The molecule has 2 aromatic heterocycles. The summed E-state index contributed by atoms with van der Waals surface area (Å²) in [6, 6.07) is 51.8. The molecule has 242 valence electrons. The molecule has 10 rings (SSSR count). The normalized spacial score (nSPS) is 16.5. The summed E-state index contributed by atoms with van der Waals surface area (Å²) in [6.07, 6.45) is 4.55. The van der Waals surface area contributed by atoms with E-state index in [4.69, 9.17) is 15.0 Å². The van der Waals surface area contributed by atoms with Gasteiger partial charge in [0.2, 0.25) is 0 Å². The smallest absolute Gasteiger partial charge is 0.164 e. The number of allylic oxidation sites excluding steroid dienone is 4. The summed E-state index contributed by atoms with van der Waals surface area (Å²) in [5.41, 5.74) is 9.00. The van der Waals surface area contributed by atoms with Gasteiger partial charge in [-0.05, 0) is 58.0 Å². The number of hydrogen-bond donors (Lipinski definition) is 0. The van der Waals surface area contributed by atoms with Crippen molar-refractivity contribution in [2.24, 2.45) is 5.92 Å². The maximum Gasteiger partial charge on any atom is 0.164 e. The van der Waals surface area contributed by atoms with E-state index in [0.29, 0.717) is 29.3 Å². The molecule has 1 aliphatic carbocycles. The van der Waals surface area contributed by atoms with Crippen LogP contribution in [0.2, 0.25) is 0 Å². The predicted octanol–water partition coefficient (Wildman–Crippen LogP) is 12.7. The summed E-state index contributed by atoms with van der Waals surface area (Å²) in [5.74, 6) is 2.73. The van der Waals surface area contributed by atoms with E-state index in [2.05, 4.69) is 159 Å². The average molecular weight is 690 g/mol. The third-order valence-corrected chi connectivity index (χ3v) is 12.5. The lowest BCUT2D eigenvalue weighted by molar-refractivity contribution is 0.629.